The van der Waals surface area contributed by atoms with Gasteiger partial charge in [-0.15, -0.1) is 10.2 Å². The molecular weight excluding hydrogens is 402 g/mol. The molecule has 30 heavy (non-hydrogen) atoms. The summed E-state index contributed by atoms with van der Waals surface area (Å²) >= 11 is 1.48. The first-order valence-electron chi connectivity index (χ1n) is 9.26. The van der Waals surface area contributed by atoms with E-state index < -0.39 is 0 Å². The van der Waals surface area contributed by atoms with Crippen LogP contribution in [-0.2, 0) is 5.75 Å². The van der Waals surface area contributed by atoms with E-state index in [1.54, 1.807) is 14.2 Å². The molecule has 4 rings (SSSR count). The van der Waals surface area contributed by atoms with Gasteiger partial charge in [0.25, 0.3) is 0 Å². The Kier molecular flexibility index (Phi) is 5.71. The SMILES string of the molecule is COc1ccc(OC)c(-c2noc(CSc3nnc(C)n3-c3cccc(C)c3)n2)c1. The number of thioether (sulfide) groups is 1. The summed E-state index contributed by atoms with van der Waals surface area (Å²) in [5.41, 5.74) is 2.90. The quantitative estimate of drug-likeness (QED) is 0.408. The second-order valence-electron chi connectivity index (χ2n) is 6.57. The number of rotatable bonds is 7. The van der Waals surface area contributed by atoms with Gasteiger partial charge in [-0.25, -0.2) is 0 Å². The molecule has 0 saturated heterocycles. The number of hydrogen-bond donors (Lipinski definition) is 0. The van der Waals surface area contributed by atoms with Gasteiger partial charge < -0.3 is 14.0 Å². The lowest BCUT2D eigenvalue weighted by Gasteiger charge is -2.08. The predicted molar refractivity (Wildman–Crippen MR) is 113 cm³/mol. The molecule has 0 unspecified atom stereocenters. The number of hydrogen-bond acceptors (Lipinski definition) is 8. The van der Waals surface area contributed by atoms with Crippen molar-refractivity contribution in [2.75, 3.05) is 14.2 Å². The van der Waals surface area contributed by atoms with E-state index in [2.05, 4.69) is 39.4 Å². The van der Waals surface area contributed by atoms with Gasteiger partial charge in [0.15, 0.2) is 5.16 Å². The first-order valence-corrected chi connectivity index (χ1v) is 10.2. The Morgan fingerprint density at radius 1 is 1.03 bits per heavy atom. The standard InChI is InChI=1S/C21H21N5O3S/c1-13-6-5-7-15(10-13)26-14(2)23-24-21(26)30-12-19-22-20(25-29-19)17-11-16(27-3)8-9-18(17)28-4/h5-11H,12H2,1-4H3. The summed E-state index contributed by atoms with van der Waals surface area (Å²) in [6.45, 7) is 3.99. The third-order valence-electron chi connectivity index (χ3n) is 4.50. The number of nitrogens with zero attached hydrogens (tertiary/aromatic N) is 5. The summed E-state index contributed by atoms with van der Waals surface area (Å²) in [7, 11) is 3.21. The summed E-state index contributed by atoms with van der Waals surface area (Å²) in [4.78, 5) is 4.51. The Hall–Kier alpha value is -3.33. The Bertz CT molecular complexity index is 1170. The summed E-state index contributed by atoms with van der Waals surface area (Å²) in [5.74, 6) is 3.53. The van der Waals surface area contributed by atoms with Gasteiger partial charge in [-0.2, -0.15) is 4.98 Å². The highest BCUT2D eigenvalue weighted by atomic mass is 32.2. The van der Waals surface area contributed by atoms with Crippen molar-refractivity contribution < 1.29 is 14.0 Å². The Balaban J connectivity index is 1.56. The number of benzene rings is 2. The van der Waals surface area contributed by atoms with Crippen LogP contribution in [0.25, 0.3) is 17.1 Å². The fraction of sp³-hybridized carbons (Fsp3) is 0.238. The molecule has 0 aliphatic carbocycles. The van der Waals surface area contributed by atoms with Gasteiger partial charge in [-0.3, -0.25) is 4.57 Å². The Morgan fingerprint density at radius 2 is 1.90 bits per heavy atom. The minimum absolute atomic E-state index is 0.442. The third kappa shape index (κ3) is 4.02. The zero-order valence-electron chi connectivity index (χ0n) is 17.1. The van der Waals surface area contributed by atoms with E-state index >= 15 is 0 Å². The van der Waals surface area contributed by atoms with E-state index in [0.717, 1.165) is 16.7 Å². The van der Waals surface area contributed by atoms with E-state index in [4.69, 9.17) is 14.0 Å². The Labute approximate surface area is 178 Å². The van der Waals surface area contributed by atoms with Crippen molar-refractivity contribution in [3.05, 3.63) is 59.7 Å². The molecule has 9 heteroatoms. The van der Waals surface area contributed by atoms with Crippen LogP contribution < -0.4 is 9.47 Å². The highest BCUT2D eigenvalue weighted by molar-refractivity contribution is 7.98. The molecule has 2 heterocycles. The van der Waals surface area contributed by atoms with E-state index in [1.807, 2.05) is 41.8 Å². The highest BCUT2D eigenvalue weighted by Crippen LogP contribution is 2.32. The first-order chi connectivity index (χ1) is 14.6. The molecule has 4 aromatic rings. The van der Waals surface area contributed by atoms with E-state index in [-0.39, 0.29) is 0 Å². The lowest BCUT2D eigenvalue weighted by atomic mass is 10.2. The van der Waals surface area contributed by atoms with Gasteiger partial charge >= 0.3 is 0 Å². The van der Waals surface area contributed by atoms with Gasteiger partial charge in [0, 0.05) is 5.69 Å². The molecule has 2 aromatic carbocycles. The lowest BCUT2D eigenvalue weighted by Crippen LogP contribution is -1.99. The van der Waals surface area contributed by atoms with Gasteiger partial charge in [0.05, 0.1) is 25.5 Å². The molecule has 0 bridgehead atoms. The average Bonchev–Trinajstić information content (AvgIpc) is 3.38. The van der Waals surface area contributed by atoms with Crippen molar-refractivity contribution >= 4 is 11.8 Å². The molecule has 2 aromatic heterocycles. The number of ether oxygens (including phenoxy) is 2. The molecule has 0 radical (unpaired) electrons. The molecule has 0 spiro atoms. The number of aryl methyl sites for hydroxylation is 2. The summed E-state index contributed by atoms with van der Waals surface area (Å²) in [5, 5.41) is 13.4. The van der Waals surface area contributed by atoms with E-state index in [0.29, 0.717) is 34.5 Å². The number of aromatic nitrogens is 5. The largest absolute Gasteiger partial charge is 0.497 e. The second kappa shape index (κ2) is 8.58. The molecule has 0 atom stereocenters. The van der Waals surface area contributed by atoms with Crippen LogP contribution in [0, 0.1) is 13.8 Å². The molecule has 0 amide bonds. The molecule has 0 aliphatic rings. The molecule has 0 saturated carbocycles. The third-order valence-corrected chi connectivity index (χ3v) is 5.41. The van der Waals surface area contributed by atoms with Crippen molar-refractivity contribution in [2.24, 2.45) is 0 Å². The van der Waals surface area contributed by atoms with Crippen LogP contribution in [-0.4, -0.2) is 39.1 Å². The highest BCUT2D eigenvalue weighted by Gasteiger charge is 2.17. The molecule has 0 N–H and O–H groups in total. The molecule has 0 fully saturated rings. The zero-order valence-corrected chi connectivity index (χ0v) is 17.9. The average molecular weight is 423 g/mol. The smallest absolute Gasteiger partial charge is 0.237 e. The van der Waals surface area contributed by atoms with Crippen LogP contribution >= 0.6 is 11.8 Å². The molecular formula is C21H21N5O3S. The van der Waals surface area contributed by atoms with Crippen molar-refractivity contribution in [3.63, 3.8) is 0 Å². The van der Waals surface area contributed by atoms with Crippen LogP contribution in [0.2, 0.25) is 0 Å². The maximum Gasteiger partial charge on any atom is 0.237 e. The normalized spacial score (nSPS) is 10.9. The number of methoxy groups -OCH3 is 2. The fourth-order valence-corrected chi connectivity index (χ4v) is 3.87. The molecule has 8 nitrogen and oxygen atoms in total. The van der Waals surface area contributed by atoms with Crippen molar-refractivity contribution in [1.29, 1.82) is 0 Å². The summed E-state index contributed by atoms with van der Waals surface area (Å²) < 4.78 is 18.2. The minimum atomic E-state index is 0.442. The second-order valence-corrected chi connectivity index (χ2v) is 7.51. The van der Waals surface area contributed by atoms with Crippen molar-refractivity contribution in [1.82, 2.24) is 24.9 Å². The zero-order chi connectivity index (χ0) is 21.1. The summed E-state index contributed by atoms with van der Waals surface area (Å²) in [6.07, 6.45) is 0. The monoisotopic (exact) mass is 423 g/mol. The van der Waals surface area contributed by atoms with Crippen LogP contribution in [0.4, 0.5) is 0 Å². The predicted octanol–water partition coefficient (Wildman–Crippen LogP) is 4.24. The van der Waals surface area contributed by atoms with Crippen LogP contribution in [0.3, 0.4) is 0 Å². The van der Waals surface area contributed by atoms with Crippen molar-refractivity contribution in [2.45, 2.75) is 24.8 Å². The van der Waals surface area contributed by atoms with Crippen molar-refractivity contribution in [3.8, 4) is 28.6 Å². The van der Waals surface area contributed by atoms with Gasteiger partial charge in [0.1, 0.15) is 17.3 Å². The Morgan fingerprint density at radius 3 is 2.67 bits per heavy atom. The van der Waals surface area contributed by atoms with Crippen LogP contribution in [0.1, 0.15) is 17.3 Å². The maximum atomic E-state index is 5.45. The lowest BCUT2D eigenvalue weighted by molar-refractivity contribution is 0.389. The van der Waals surface area contributed by atoms with Gasteiger partial charge in [0.2, 0.25) is 11.7 Å². The summed E-state index contributed by atoms with van der Waals surface area (Å²) in [6, 6.07) is 13.7. The minimum Gasteiger partial charge on any atom is -0.497 e. The molecule has 0 aliphatic heterocycles. The van der Waals surface area contributed by atoms with Crippen LogP contribution in [0.15, 0.2) is 52.1 Å². The van der Waals surface area contributed by atoms with Crippen LogP contribution in [0.5, 0.6) is 11.5 Å². The first kappa shape index (κ1) is 20.0. The topological polar surface area (TPSA) is 88.1 Å². The van der Waals surface area contributed by atoms with E-state index in [9.17, 15) is 0 Å². The maximum absolute atomic E-state index is 5.45. The van der Waals surface area contributed by atoms with Gasteiger partial charge in [-0.05, 0) is 49.7 Å². The van der Waals surface area contributed by atoms with Gasteiger partial charge in [-0.1, -0.05) is 29.1 Å². The van der Waals surface area contributed by atoms with E-state index in [1.165, 1.54) is 17.3 Å². The molecule has 154 valence electrons. The fourth-order valence-electron chi connectivity index (χ4n) is 3.04.